The van der Waals surface area contributed by atoms with E-state index < -0.39 is 11.2 Å². The number of aromatic nitrogens is 3. The van der Waals surface area contributed by atoms with Crippen molar-refractivity contribution in [1.29, 1.82) is 0 Å². The van der Waals surface area contributed by atoms with Gasteiger partial charge in [0.05, 0.1) is 23.2 Å². The van der Waals surface area contributed by atoms with Crippen LogP contribution in [0.2, 0.25) is 5.02 Å². The standard InChI is InChI=1S/C37H46ClN9O4/c1-21-23(11-10-14-26(21)43-33(40)31-29(20-39)46(4)37(50)47(5)35(31)48)24-12-9-13-25(32(24)38)27-19-22-15-16-28(30(22)34(44-27)51-6)45(3)18-8-7-17-42-36(49)41-2/h9-14,19-20,28,43H,7-8,15-18,39-40H2,1-6H3,(H2,41,42,49)/b29-20+,33-31-. The molecule has 1 unspecified atom stereocenters. The molecule has 1 aliphatic rings. The van der Waals surface area contributed by atoms with Gasteiger partial charge in [-0.15, -0.1) is 0 Å². The number of benzene rings is 2. The Bertz CT molecular complexity index is 2210. The first kappa shape index (κ1) is 37.0. The second-order valence-electron chi connectivity index (χ2n) is 12.7. The summed E-state index contributed by atoms with van der Waals surface area (Å²) >= 11 is 7.19. The highest BCUT2D eigenvalue weighted by molar-refractivity contribution is 6.36. The topological polar surface area (TPSA) is 175 Å². The van der Waals surface area contributed by atoms with Crippen LogP contribution in [-0.2, 0) is 20.5 Å². The molecule has 0 aliphatic heterocycles. The van der Waals surface area contributed by atoms with Crippen molar-refractivity contribution in [2.24, 2.45) is 25.6 Å². The normalized spacial score (nSPS) is 14.7. The number of nitrogens with one attached hydrogen (secondary N) is 3. The predicted molar refractivity (Wildman–Crippen MR) is 203 cm³/mol. The van der Waals surface area contributed by atoms with Gasteiger partial charge < -0.3 is 32.2 Å². The number of carbonyl (C=O) groups excluding carboxylic acids is 1. The van der Waals surface area contributed by atoms with Crippen LogP contribution in [0.5, 0.6) is 5.88 Å². The van der Waals surface area contributed by atoms with Crippen LogP contribution in [-0.4, -0.2) is 59.3 Å². The number of halogens is 1. The number of urea groups is 1. The van der Waals surface area contributed by atoms with E-state index in [-0.39, 0.29) is 28.5 Å². The average molecular weight is 716 g/mol. The first-order valence-electron chi connectivity index (χ1n) is 16.8. The Kier molecular flexibility index (Phi) is 11.4. The van der Waals surface area contributed by atoms with Crippen molar-refractivity contribution in [3.8, 4) is 28.3 Å². The first-order valence-corrected chi connectivity index (χ1v) is 17.2. The minimum absolute atomic E-state index is 0.0550. The maximum absolute atomic E-state index is 13.1. The van der Waals surface area contributed by atoms with Gasteiger partial charge in [-0.2, -0.15) is 0 Å². The summed E-state index contributed by atoms with van der Waals surface area (Å²) in [5.41, 5.74) is 18.1. The molecule has 1 aliphatic carbocycles. The lowest BCUT2D eigenvalue weighted by Crippen LogP contribution is -2.59. The van der Waals surface area contributed by atoms with Crippen molar-refractivity contribution in [1.82, 2.24) is 29.7 Å². The molecule has 7 N–H and O–H groups in total. The van der Waals surface area contributed by atoms with E-state index in [4.69, 9.17) is 32.8 Å². The fourth-order valence-corrected chi connectivity index (χ4v) is 7.09. The highest BCUT2D eigenvalue weighted by Crippen LogP contribution is 2.44. The summed E-state index contributed by atoms with van der Waals surface area (Å²) in [6.45, 7) is 3.44. The van der Waals surface area contributed by atoms with Gasteiger partial charge in [0.15, 0.2) is 0 Å². The molecule has 2 heterocycles. The highest BCUT2D eigenvalue weighted by Gasteiger charge is 2.31. The summed E-state index contributed by atoms with van der Waals surface area (Å²) < 4.78 is 8.15. The van der Waals surface area contributed by atoms with Crippen molar-refractivity contribution in [2.75, 3.05) is 39.6 Å². The number of rotatable bonds is 11. The second-order valence-corrected chi connectivity index (χ2v) is 13.0. The third kappa shape index (κ3) is 7.31. The molecule has 2 aromatic heterocycles. The number of methoxy groups -OCH3 is 1. The molecule has 2 aromatic carbocycles. The molecule has 14 heteroatoms. The van der Waals surface area contributed by atoms with Crippen LogP contribution < -0.4 is 54.0 Å². The number of hydrogen-bond acceptors (Lipinski definition) is 9. The average Bonchev–Trinajstić information content (AvgIpc) is 3.57. The van der Waals surface area contributed by atoms with Crippen molar-refractivity contribution < 1.29 is 9.53 Å². The van der Waals surface area contributed by atoms with Crippen LogP contribution in [0, 0.1) is 6.92 Å². The predicted octanol–water partition coefficient (Wildman–Crippen LogP) is 2.24. The number of hydrogen-bond donors (Lipinski definition) is 5. The van der Waals surface area contributed by atoms with Crippen molar-refractivity contribution in [3.05, 3.63) is 95.6 Å². The number of ether oxygens (including phenoxy) is 1. The molecular weight excluding hydrogens is 670 g/mol. The van der Waals surface area contributed by atoms with Crippen LogP contribution >= 0.6 is 11.6 Å². The molecule has 270 valence electrons. The van der Waals surface area contributed by atoms with Gasteiger partial charge in [0.1, 0.15) is 11.0 Å². The summed E-state index contributed by atoms with van der Waals surface area (Å²) in [6.07, 6.45) is 4.86. The molecule has 13 nitrogen and oxygen atoms in total. The first-order chi connectivity index (χ1) is 24.4. The maximum Gasteiger partial charge on any atom is 0.330 e. The smallest absolute Gasteiger partial charge is 0.330 e. The Labute approximate surface area is 301 Å². The van der Waals surface area contributed by atoms with Crippen LogP contribution in [0.15, 0.2) is 52.1 Å². The lowest BCUT2D eigenvalue weighted by Gasteiger charge is -2.26. The minimum Gasteiger partial charge on any atom is -0.481 e. The molecule has 0 saturated carbocycles. The monoisotopic (exact) mass is 715 g/mol. The molecule has 0 radical (unpaired) electrons. The summed E-state index contributed by atoms with van der Waals surface area (Å²) in [5.74, 6) is 0.644. The summed E-state index contributed by atoms with van der Waals surface area (Å²) in [5, 5.41) is 9.41. The third-order valence-electron chi connectivity index (χ3n) is 9.61. The van der Waals surface area contributed by atoms with Gasteiger partial charge in [-0.1, -0.05) is 41.9 Å². The Morgan fingerprint density at radius 3 is 2.53 bits per heavy atom. The van der Waals surface area contributed by atoms with Gasteiger partial charge in [-0.05, 0) is 75.0 Å². The molecule has 0 bridgehead atoms. The maximum atomic E-state index is 13.1. The molecule has 51 heavy (non-hydrogen) atoms. The Balaban J connectivity index is 1.45. The molecule has 0 spiro atoms. The Morgan fingerprint density at radius 2 is 1.82 bits per heavy atom. The van der Waals surface area contributed by atoms with Crippen LogP contribution in [0.1, 0.15) is 42.0 Å². The number of carbonyl (C=O) groups is 1. The molecule has 4 aromatic rings. The lowest BCUT2D eigenvalue weighted by molar-refractivity contribution is 0.231. The number of fused-ring (bicyclic) bond motifs is 1. The zero-order chi connectivity index (χ0) is 37.0. The summed E-state index contributed by atoms with van der Waals surface area (Å²) in [7, 11) is 8.29. The zero-order valence-electron chi connectivity index (χ0n) is 29.9. The van der Waals surface area contributed by atoms with Crippen LogP contribution in [0.3, 0.4) is 0 Å². The summed E-state index contributed by atoms with van der Waals surface area (Å²) in [4.78, 5) is 44.3. The molecular formula is C37H46ClN9O4. The van der Waals surface area contributed by atoms with Gasteiger partial charge in [-0.3, -0.25) is 18.8 Å². The Hall–Kier alpha value is -5.27. The number of anilines is 1. The number of nitrogens with zero attached hydrogens (tertiary/aromatic N) is 4. The minimum atomic E-state index is -0.563. The van der Waals surface area contributed by atoms with Gasteiger partial charge in [0.2, 0.25) is 5.88 Å². The van der Waals surface area contributed by atoms with Crippen molar-refractivity contribution in [2.45, 2.75) is 38.6 Å². The van der Waals surface area contributed by atoms with E-state index in [1.165, 1.54) is 30.4 Å². The highest BCUT2D eigenvalue weighted by atomic mass is 35.5. The molecule has 2 amide bonds. The van der Waals surface area contributed by atoms with E-state index in [9.17, 15) is 14.4 Å². The molecule has 1 atom stereocenters. The number of pyridine rings is 1. The van der Waals surface area contributed by atoms with E-state index in [1.807, 2.05) is 43.3 Å². The van der Waals surface area contributed by atoms with Crippen LogP contribution in [0.25, 0.3) is 34.4 Å². The zero-order valence-corrected chi connectivity index (χ0v) is 30.6. The van der Waals surface area contributed by atoms with E-state index in [1.54, 1.807) is 14.2 Å². The molecule has 5 rings (SSSR count). The van der Waals surface area contributed by atoms with Gasteiger partial charge in [-0.25, -0.2) is 14.6 Å². The summed E-state index contributed by atoms with van der Waals surface area (Å²) in [6, 6.07) is 13.7. The lowest BCUT2D eigenvalue weighted by atomic mass is 9.96. The number of amides is 2. The van der Waals surface area contributed by atoms with Gasteiger partial charge >= 0.3 is 11.7 Å². The van der Waals surface area contributed by atoms with Crippen LogP contribution in [0.4, 0.5) is 10.5 Å². The number of aryl methyl sites for hydroxylation is 1. The van der Waals surface area contributed by atoms with E-state index in [2.05, 4.69) is 34.0 Å². The van der Waals surface area contributed by atoms with Gasteiger partial charge in [0, 0.05) is 62.3 Å². The fraction of sp³-hybridized carbons (Fsp3) is 0.351. The van der Waals surface area contributed by atoms with Crippen molar-refractivity contribution >= 4 is 35.3 Å². The number of nitrogens with two attached hydrogens (primary N) is 2. The fourth-order valence-electron chi connectivity index (χ4n) is 6.77. The largest absolute Gasteiger partial charge is 0.481 e. The number of unbranched alkanes of at least 4 members (excludes halogenated alkanes) is 1. The van der Waals surface area contributed by atoms with E-state index in [0.29, 0.717) is 23.1 Å². The molecule has 0 saturated heterocycles. The van der Waals surface area contributed by atoms with Crippen molar-refractivity contribution in [3.63, 3.8) is 0 Å². The SMILES string of the molecule is CNC(=O)NCCCCN(C)C1CCc2cc(-c3cccc(-c4cccc(N/C(N)=c5\c(=O)n(C)c(=O)n(C)\c5=C\N)c4C)c3Cl)nc(OC)c21. The van der Waals surface area contributed by atoms with E-state index >= 15 is 0 Å². The molecule has 0 fully saturated rings. The second kappa shape index (κ2) is 15.7. The quantitative estimate of drug-likeness (QED) is 0.146. The van der Waals surface area contributed by atoms with E-state index in [0.717, 1.165) is 70.3 Å². The van der Waals surface area contributed by atoms with Gasteiger partial charge in [0.25, 0.3) is 5.56 Å². The third-order valence-corrected chi connectivity index (χ3v) is 10.0. The Morgan fingerprint density at radius 1 is 1.12 bits per heavy atom.